The number of hydrogen-bond acceptors (Lipinski definition) is 6. The molecule has 1 atom stereocenters. The summed E-state index contributed by atoms with van der Waals surface area (Å²) >= 11 is 0. The lowest BCUT2D eigenvalue weighted by Crippen LogP contribution is -2.28. The highest BCUT2D eigenvalue weighted by atomic mass is 16.5. The number of carbonyl (C=O) groups excluding carboxylic acids is 1. The molecule has 3 aromatic heterocycles. The number of aromatic amines is 1. The van der Waals surface area contributed by atoms with E-state index in [1.165, 1.54) is 0 Å². The molecule has 128 valence electrons. The second kappa shape index (κ2) is 6.39. The number of H-pyrrole nitrogens is 1. The van der Waals surface area contributed by atoms with Crippen molar-refractivity contribution in [1.29, 1.82) is 0 Å². The molecule has 3 aromatic rings. The number of carbonyl (C=O) groups is 1. The molecule has 0 unspecified atom stereocenters. The standard InChI is InChI=1S/C17H17N5O3/c1-10-4-5-19-17(23)24-9-11-6-12(8-18-7-11)15-16-13(21-22-15)2-3-14(20-16)25-10/h2-3,6-8,10H,4-5,9H2,1H3,(H,19,23)(H,21,22)/t10-/m1/s1. The minimum Gasteiger partial charge on any atom is -0.475 e. The first-order valence-corrected chi connectivity index (χ1v) is 8.06. The zero-order valence-electron chi connectivity index (χ0n) is 13.7. The van der Waals surface area contributed by atoms with Crippen LogP contribution in [0, 0.1) is 0 Å². The van der Waals surface area contributed by atoms with Crippen molar-refractivity contribution in [1.82, 2.24) is 25.5 Å². The summed E-state index contributed by atoms with van der Waals surface area (Å²) in [6, 6.07) is 5.57. The highest BCUT2D eigenvalue weighted by Gasteiger charge is 2.14. The fourth-order valence-electron chi connectivity index (χ4n) is 2.69. The Kier molecular flexibility index (Phi) is 3.93. The minimum absolute atomic E-state index is 0.103. The minimum atomic E-state index is -0.465. The zero-order valence-corrected chi connectivity index (χ0v) is 13.7. The van der Waals surface area contributed by atoms with E-state index < -0.39 is 6.09 Å². The van der Waals surface area contributed by atoms with E-state index in [9.17, 15) is 4.79 Å². The van der Waals surface area contributed by atoms with E-state index >= 15 is 0 Å². The number of nitrogens with zero attached hydrogens (tertiary/aromatic N) is 3. The molecular weight excluding hydrogens is 322 g/mol. The SMILES string of the molecule is C[C@@H]1CCNC(=O)OCc2cncc(c2)-c2n[nH]c3ccc(nc23)O1. The average molecular weight is 339 g/mol. The number of cyclic esters (lactones) is 1. The van der Waals surface area contributed by atoms with Gasteiger partial charge in [0.25, 0.3) is 0 Å². The number of pyridine rings is 2. The van der Waals surface area contributed by atoms with Crippen LogP contribution in [-0.2, 0) is 11.3 Å². The van der Waals surface area contributed by atoms with Gasteiger partial charge >= 0.3 is 6.09 Å². The van der Waals surface area contributed by atoms with Crippen LogP contribution in [0.4, 0.5) is 4.79 Å². The molecule has 0 spiro atoms. The fourth-order valence-corrected chi connectivity index (χ4v) is 2.69. The van der Waals surface area contributed by atoms with Gasteiger partial charge in [-0.2, -0.15) is 5.10 Å². The van der Waals surface area contributed by atoms with Gasteiger partial charge < -0.3 is 14.8 Å². The second-order valence-corrected chi connectivity index (χ2v) is 5.92. The van der Waals surface area contributed by atoms with E-state index in [4.69, 9.17) is 9.47 Å². The van der Waals surface area contributed by atoms with Crippen molar-refractivity contribution in [3.8, 4) is 17.1 Å². The third-order valence-corrected chi connectivity index (χ3v) is 3.96. The van der Waals surface area contributed by atoms with Crippen LogP contribution < -0.4 is 10.1 Å². The summed E-state index contributed by atoms with van der Waals surface area (Å²) in [6.07, 6.45) is 3.44. The van der Waals surface area contributed by atoms with Crippen LogP contribution in [0.1, 0.15) is 18.9 Å². The molecule has 2 N–H and O–H groups in total. The third-order valence-electron chi connectivity index (χ3n) is 3.96. The van der Waals surface area contributed by atoms with Gasteiger partial charge in [-0.1, -0.05) is 0 Å². The van der Waals surface area contributed by atoms with Gasteiger partial charge in [0.1, 0.15) is 17.8 Å². The van der Waals surface area contributed by atoms with Crippen LogP contribution in [0.2, 0.25) is 0 Å². The number of alkyl carbamates (subject to hydrolysis) is 1. The van der Waals surface area contributed by atoms with Gasteiger partial charge in [-0.05, 0) is 19.1 Å². The van der Waals surface area contributed by atoms with Gasteiger partial charge in [-0.15, -0.1) is 0 Å². The Bertz CT molecular complexity index is 924. The maximum Gasteiger partial charge on any atom is 0.407 e. The van der Waals surface area contributed by atoms with E-state index in [0.717, 1.165) is 16.6 Å². The number of fused-ring (bicyclic) bond motifs is 4. The first-order valence-electron chi connectivity index (χ1n) is 8.06. The van der Waals surface area contributed by atoms with Crippen molar-refractivity contribution in [2.24, 2.45) is 0 Å². The van der Waals surface area contributed by atoms with Gasteiger partial charge in [0, 0.05) is 42.6 Å². The summed E-state index contributed by atoms with van der Waals surface area (Å²) in [5, 5.41) is 10.0. The van der Waals surface area contributed by atoms with Crippen LogP contribution in [0.5, 0.6) is 5.88 Å². The Morgan fingerprint density at radius 1 is 1.28 bits per heavy atom. The van der Waals surface area contributed by atoms with Gasteiger partial charge in [-0.25, -0.2) is 9.78 Å². The molecule has 0 saturated carbocycles. The third kappa shape index (κ3) is 3.23. The highest BCUT2D eigenvalue weighted by Crippen LogP contribution is 2.27. The van der Waals surface area contributed by atoms with Crippen molar-refractivity contribution in [2.75, 3.05) is 6.54 Å². The molecule has 0 saturated heterocycles. The van der Waals surface area contributed by atoms with Crippen LogP contribution in [0.25, 0.3) is 22.3 Å². The molecule has 0 aliphatic carbocycles. The van der Waals surface area contributed by atoms with Crippen molar-refractivity contribution in [3.05, 3.63) is 36.2 Å². The van der Waals surface area contributed by atoms with Crippen molar-refractivity contribution in [2.45, 2.75) is 26.1 Å². The lowest BCUT2D eigenvalue weighted by atomic mass is 10.1. The molecule has 1 amide bonds. The number of amides is 1. The van der Waals surface area contributed by atoms with Gasteiger partial charge in [0.2, 0.25) is 5.88 Å². The first-order chi connectivity index (χ1) is 12.2. The summed E-state index contributed by atoms with van der Waals surface area (Å²) in [6.45, 7) is 2.53. The average Bonchev–Trinajstić information content (AvgIpc) is 3.03. The number of hydrogen-bond donors (Lipinski definition) is 2. The molecule has 8 nitrogen and oxygen atoms in total. The lowest BCUT2D eigenvalue weighted by molar-refractivity contribution is 0.137. The molecule has 4 bridgehead atoms. The Morgan fingerprint density at radius 2 is 2.20 bits per heavy atom. The predicted molar refractivity (Wildman–Crippen MR) is 90.0 cm³/mol. The predicted octanol–water partition coefficient (Wildman–Crippen LogP) is 2.42. The van der Waals surface area contributed by atoms with Crippen molar-refractivity contribution >= 4 is 17.1 Å². The Hall–Kier alpha value is -3.16. The maximum atomic E-state index is 11.8. The molecule has 0 aromatic carbocycles. The van der Waals surface area contributed by atoms with Crippen LogP contribution >= 0.6 is 0 Å². The number of rotatable bonds is 0. The summed E-state index contributed by atoms with van der Waals surface area (Å²) in [5.74, 6) is 0.518. The van der Waals surface area contributed by atoms with Gasteiger partial charge in [0.05, 0.1) is 11.6 Å². The second-order valence-electron chi connectivity index (χ2n) is 5.92. The van der Waals surface area contributed by atoms with E-state index in [1.54, 1.807) is 18.5 Å². The molecule has 0 fully saturated rings. The summed E-state index contributed by atoms with van der Waals surface area (Å²) in [5.41, 5.74) is 3.79. The van der Waals surface area contributed by atoms with Gasteiger partial charge in [-0.3, -0.25) is 10.1 Å². The van der Waals surface area contributed by atoms with E-state index in [-0.39, 0.29) is 12.7 Å². The van der Waals surface area contributed by atoms with Crippen LogP contribution in [0.15, 0.2) is 30.6 Å². The molecular formula is C17H17N5O3. The topological polar surface area (TPSA) is 102 Å². The number of aromatic nitrogens is 4. The molecule has 8 heteroatoms. The van der Waals surface area contributed by atoms with Gasteiger partial charge in [0.15, 0.2) is 0 Å². The first kappa shape index (κ1) is 15.4. The van der Waals surface area contributed by atoms with E-state index in [0.29, 0.717) is 30.1 Å². The molecule has 4 heterocycles. The zero-order chi connectivity index (χ0) is 17.2. The molecule has 1 aliphatic heterocycles. The quantitative estimate of drug-likeness (QED) is 0.652. The number of ether oxygens (including phenoxy) is 2. The monoisotopic (exact) mass is 339 g/mol. The normalized spacial score (nSPS) is 18.0. The highest BCUT2D eigenvalue weighted by molar-refractivity contribution is 5.89. The largest absolute Gasteiger partial charge is 0.475 e. The summed E-state index contributed by atoms with van der Waals surface area (Å²) < 4.78 is 11.1. The Labute approximate surface area is 143 Å². The van der Waals surface area contributed by atoms with Crippen LogP contribution in [0.3, 0.4) is 0 Å². The lowest BCUT2D eigenvalue weighted by Gasteiger charge is -2.14. The van der Waals surface area contributed by atoms with Crippen molar-refractivity contribution < 1.29 is 14.3 Å². The Balaban J connectivity index is 1.79. The van der Waals surface area contributed by atoms with Crippen molar-refractivity contribution in [3.63, 3.8) is 0 Å². The smallest absolute Gasteiger partial charge is 0.407 e. The molecule has 1 aliphatic rings. The summed E-state index contributed by atoms with van der Waals surface area (Å²) in [7, 11) is 0. The molecule has 4 rings (SSSR count). The molecule has 25 heavy (non-hydrogen) atoms. The molecule has 0 radical (unpaired) electrons. The maximum absolute atomic E-state index is 11.8. The fraction of sp³-hybridized carbons (Fsp3) is 0.294. The summed E-state index contributed by atoms with van der Waals surface area (Å²) in [4.78, 5) is 20.6. The Morgan fingerprint density at radius 3 is 3.12 bits per heavy atom. The number of nitrogens with one attached hydrogen (secondary N) is 2. The van der Waals surface area contributed by atoms with Crippen LogP contribution in [-0.4, -0.2) is 38.9 Å². The van der Waals surface area contributed by atoms with E-state index in [1.807, 2.05) is 19.1 Å². The van der Waals surface area contributed by atoms with E-state index in [2.05, 4.69) is 25.5 Å².